The van der Waals surface area contributed by atoms with E-state index in [4.69, 9.17) is 16.7 Å². The molecule has 0 aliphatic rings. The third-order valence-corrected chi connectivity index (χ3v) is 2.42. The molecule has 0 unspecified atom stereocenters. The minimum absolute atomic E-state index is 0.0754. The van der Waals surface area contributed by atoms with Gasteiger partial charge in [-0.15, -0.1) is 0 Å². The lowest BCUT2D eigenvalue weighted by Crippen LogP contribution is -2.36. The molecule has 0 saturated heterocycles. The molecule has 0 aromatic carbocycles. The first-order valence-corrected chi connectivity index (χ1v) is 5.73. The highest BCUT2D eigenvalue weighted by Crippen LogP contribution is 2.14. The molecule has 1 amide bonds. The standard InChI is InChI=1S/C11H17ClN2O2/c1-3-4-14-6-9(12)5-10(14)11(16)13-8(2)7-15/h5-6,8,15H,3-4,7H2,1-2H3,(H,13,16)/t8-/m0/s1. The summed E-state index contributed by atoms with van der Waals surface area (Å²) in [6, 6.07) is 1.38. The minimum atomic E-state index is -0.253. The van der Waals surface area contributed by atoms with Crippen LogP contribution in [-0.4, -0.2) is 28.2 Å². The molecule has 0 spiro atoms. The number of rotatable bonds is 5. The number of hydrogen-bond donors (Lipinski definition) is 2. The van der Waals surface area contributed by atoms with E-state index >= 15 is 0 Å². The van der Waals surface area contributed by atoms with Crippen molar-refractivity contribution >= 4 is 17.5 Å². The van der Waals surface area contributed by atoms with Gasteiger partial charge in [-0.05, 0) is 19.4 Å². The SMILES string of the molecule is CCCn1cc(Cl)cc1C(=O)N[C@@H](C)CO. The van der Waals surface area contributed by atoms with Crippen LogP contribution in [0.2, 0.25) is 5.02 Å². The molecule has 1 rings (SSSR count). The first kappa shape index (κ1) is 13.1. The number of nitrogens with one attached hydrogen (secondary N) is 1. The highest BCUT2D eigenvalue weighted by Gasteiger charge is 2.14. The molecule has 0 bridgehead atoms. The van der Waals surface area contributed by atoms with Crippen molar-refractivity contribution in [3.63, 3.8) is 0 Å². The summed E-state index contributed by atoms with van der Waals surface area (Å²) in [7, 11) is 0. The molecule has 0 saturated carbocycles. The van der Waals surface area contributed by atoms with Crippen LogP contribution >= 0.6 is 11.6 Å². The van der Waals surface area contributed by atoms with Gasteiger partial charge in [0, 0.05) is 18.8 Å². The zero-order chi connectivity index (χ0) is 12.1. The van der Waals surface area contributed by atoms with Gasteiger partial charge in [0.15, 0.2) is 0 Å². The van der Waals surface area contributed by atoms with Crippen molar-refractivity contribution in [1.82, 2.24) is 9.88 Å². The third-order valence-electron chi connectivity index (χ3n) is 2.21. The van der Waals surface area contributed by atoms with Crippen molar-refractivity contribution in [3.8, 4) is 0 Å². The van der Waals surface area contributed by atoms with Crippen LogP contribution in [0.1, 0.15) is 30.8 Å². The highest BCUT2D eigenvalue weighted by atomic mass is 35.5. The molecule has 0 aliphatic carbocycles. The van der Waals surface area contributed by atoms with Crippen molar-refractivity contribution in [1.29, 1.82) is 0 Å². The lowest BCUT2D eigenvalue weighted by Gasteiger charge is -2.12. The normalized spacial score (nSPS) is 12.5. The maximum absolute atomic E-state index is 11.8. The number of carbonyl (C=O) groups is 1. The molecule has 0 fully saturated rings. The lowest BCUT2D eigenvalue weighted by molar-refractivity contribution is 0.0913. The Hall–Kier alpha value is -1.00. The van der Waals surface area contributed by atoms with E-state index in [0.29, 0.717) is 10.7 Å². The molecule has 5 heteroatoms. The summed E-state index contributed by atoms with van der Waals surface area (Å²) < 4.78 is 1.82. The van der Waals surface area contributed by atoms with E-state index in [1.54, 1.807) is 19.2 Å². The first-order chi connectivity index (χ1) is 7.58. The van der Waals surface area contributed by atoms with Gasteiger partial charge in [0.2, 0.25) is 0 Å². The summed E-state index contributed by atoms with van der Waals surface area (Å²) in [5.74, 6) is -0.207. The summed E-state index contributed by atoms with van der Waals surface area (Å²) in [4.78, 5) is 11.8. The van der Waals surface area contributed by atoms with E-state index in [-0.39, 0.29) is 18.6 Å². The molecular formula is C11H17ClN2O2. The van der Waals surface area contributed by atoms with Crippen molar-refractivity contribution in [3.05, 3.63) is 23.0 Å². The predicted molar refractivity (Wildman–Crippen MR) is 63.7 cm³/mol. The van der Waals surface area contributed by atoms with E-state index in [1.807, 2.05) is 11.5 Å². The molecule has 2 N–H and O–H groups in total. The quantitative estimate of drug-likeness (QED) is 0.828. The number of hydrogen-bond acceptors (Lipinski definition) is 2. The summed E-state index contributed by atoms with van der Waals surface area (Å²) in [5, 5.41) is 12.1. The monoisotopic (exact) mass is 244 g/mol. The van der Waals surface area contributed by atoms with E-state index in [2.05, 4.69) is 5.32 Å². The van der Waals surface area contributed by atoms with E-state index in [1.165, 1.54) is 0 Å². The van der Waals surface area contributed by atoms with Crippen LogP contribution < -0.4 is 5.32 Å². The van der Waals surface area contributed by atoms with Crippen LogP contribution in [0.25, 0.3) is 0 Å². The second-order valence-electron chi connectivity index (χ2n) is 3.79. The average molecular weight is 245 g/mol. The molecule has 1 atom stereocenters. The molecule has 1 heterocycles. The van der Waals surface area contributed by atoms with E-state index in [0.717, 1.165) is 13.0 Å². The highest BCUT2D eigenvalue weighted by molar-refractivity contribution is 6.31. The topological polar surface area (TPSA) is 54.3 Å². The van der Waals surface area contributed by atoms with Gasteiger partial charge >= 0.3 is 0 Å². The van der Waals surface area contributed by atoms with Crippen LogP contribution in [0.5, 0.6) is 0 Å². The van der Waals surface area contributed by atoms with Crippen LogP contribution in [0.15, 0.2) is 12.3 Å². The fourth-order valence-electron chi connectivity index (χ4n) is 1.43. The summed E-state index contributed by atoms with van der Waals surface area (Å²) in [5.41, 5.74) is 0.534. The number of carbonyl (C=O) groups excluding carboxylic acids is 1. The Balaban J connectivity index is 2.81. The van der Waals surface area contributed by atoms with Gasteiger partial charge in [-0.25, -0.2) is 0 Å². The van der Waals surface area contributed by atoms with Crippen LogP contribution in [0.3, 0.4) is 0 Å². The number of nitrogens with zero attached hydrogens (tertiary/aromatic N) is 1. The van der Waals surface area contributed by atoms with E-state index in [9.17, 15) is 4.79 Å². The number of halogens is 1. The van der Waals surface area contributed by atoms with Crippen molar-refractivity contribution in [2.24, 2.45) is 0 Å². The maximum Gasteiger partial charge on any atom is 0.268 e. The summed E-state index contributed by atoms with van der Waals surface area (Å²) in [6.07, 6.45) is 2.67. The zero-order valence-corrected chi connectivity index (χ0v) is 10.3. The van der Waals surface area contributed by atoms with Crippen LogP contribution in [-0.2, 0) is 6.54 Å². The lowest BCUT2D eigenvalue weighted by atomic mass is 10.3. The van der Waals surface area contributed by atoms with Gasteiger partial charge in [0.05, 0.1) is 11.6 Å². The third kappa shape index (κ3) is 3.25. The maximum atomic E-state index is 11.8. The number of aliphatic hydroxyl groups is 1. The number of aryl methyl sites for hydroxylation is 1. The Morgan fingerprint density at radius 3 is 2.94 bits per heavy atom. The van der Waals surface area contributed by atoms with E-state index < -0.39 is 0 Å². The predicted octanol–water partition coefficient (Wildman–Crippen LogP) is 1.66. The van der Waals surface area contributed by atoms with Gasteiger partial charge < -0.3 is 15.0 Å². The zero-order valence-electron chi connectivity index (χ0n) is 9.53. The summed E-state index contributed by atoms with van der Waals surface area (Å²) in [6.45, 7) is 4.45. The second kappa shape index (κ2) is 5.92. The smallest absolute Gasteiger partial charge is 0.268 e. The molecule has 90 valence electrons. The van der Waals surface area contributed by atoms with Crippen LogP contribution in [0, 0.1) is 0 Å². The van der Waals surface area contributed by atoms with Crippen molar-refractivity contribution < 1.29 is 9.90 Å². The Kier molecular flexibility index (Phi) is 4.83. The second-order valence-corrected chi connectivity index (χ2v) is 4.23. The Morgan fingerprint density at radius 1 is 1.69 bits per heavy atom. The number of aliphatic hydroxyl groups excluding tert-OH is 1. The molecule has 0 aliphatic heterocycles. The largest absolute Gasteiger partial charge is 0.394 e. The van der Waals surface area contributed by atoms with Gasteiger partial charge in [-0.2, -0.15) is 0 Å². The van der Waals surface area contributed by atoms with Crippen molar-refractivity contribution in [2.45, 2.75) is 32.9 Å². The molecule has 1 aromatic heterocycles. The number of amides is 1. The van der Waals surface area contributed by atoms with Crippen molar-refractivity contribution in [2.75, 3.05) is 6.61 Å². The fourth-order valence-corrected chi connectivity index (χ4v) is 1.66. The van der Waals surface area contributed by atoms with Gasteiger partial charge in [0.1, 0.15) is 5.69 Å². The average Bonchev–Trinajstić information content (AvgIpc) is 2.60. The van der Waals surface area contributed by atoms with Gasteiger partial charge in [-0.1, -0.05) is 18.5 Å². The van der Waals surface area contributed by atoms with Crippen LogP contribution in [0.4, 0.5) is 0 Å². The molecule has 0 radical (unpaired) electrons. The molecular weight excluding hydrogens is 228 g/mol. The Morgan fingerprint density at radius 2 is 2.38 bits per heavy atom. The minimum Gasteiger partial charge on any atom is -0.394 e. The molecule has 1 aromatic rings. The Bertz CT molecular complexity index is 363. The summed E-state index contributed by atoms with van der Waals surface area (Å²) >= 11 is 5.87. The molecule has 4 nitrogen and oxygen atoms in total. The number of aromatic nitrogens is 1. The Labute approximate surface area is 100 Å². The van der Waals surface area contributed by atoms with Gasteiger partial charge in [0.25, 0.3) is 5.91 Å². The fraction of sp³-hybridized carbons (Fsp3) is 0.545. The molecule has 16 heavy (non-hydrogen) atoms. The first-order valence-electron chi connectivity index (χ1n) is 5.35. The van der Waals surface area contributed by atoms with Gasteiger partial charge in [-0.3, -0.25) is 4.79 Å².